The molecule has 1 heterocycles. The van der Waals surface area contributed by atoms with E-state index in [9.17, 15) is 22.8 Å². The van der Waals surface area contributed by atoms with E-state index >= 15 is 0 Å². The Bertz CT molecular complexity index is 1030. The summed E-state index contributed by atoms with van der Waals surface area (Å²) >= 11 is 0. The van der Waals surface area contributed by atoms with Gasteiger partial charge in [-0.1, -0.05) is 12.1 Å². The fraction of sp³-hybridized carbons (Fsp3) is 0.250. The maximum Gasteiger partial charge on any atom is 0.417 e. The highest BCUT2D eigenvalue weighted by molar-refractivity contribution is 6.23. The minimum absolute atomic E-state index is 0.254. The number of alkyl halides is 3. The van der Waals surface area contributed by atoms with Gasteiger partial charge in [0.15, 0.2) is 0 Å². The minimum Gasteiger partial charge on any atom is -0.497 e. The molecule has 9 heteroatoms. The minimum atomic E-state index is -4.81. The number of ether oxygens (including phenoxy) is 1. The fourth-order valence-electron chi connectivity index (χ4n) is 3.25. The van der Waals surface area contributed by atoms with Gasteiger partial charge in [-0.25, -0.2) is 9.69 Å². The van der Waals surface area contributed by atoms with Gasteiger partial charge in [0.2, 0.25) is 0 Å². The van der Waals surface area contributed by atoms with Crippen molar-refractivity contribution in [2.75, 3.05) is 19.1 Å². The summed E-state index contributed by atoms with van der Waals surface area (Å²) in [6.07, 6.45) is -4.81. The van der Waals surface area contributed by atoms with Crippen LogP contribution in [0.4, 0.5) is 23.7 Å². The fourth-order valence-corrected chi connectivity index (χ4v) is 3.25. The number of methoxy groups -OCH3 is 1. The predicted molar refractivity (Wildman–Crippen MR) is 97.2 cm³/mol. The van der Waals surface area contributed by atoms with Crippen molar-refractivity contribution in [3.05, 3.63) is 59.2 Å². The molecule has 150 valence electrons. The molecular weight excluding hydrogens is 387 g/mol. The number of anilines is 1. The van der Waals surface area contributed by atoms with Gasteiger partial charge in [-0.2, -0.15) is 18.4 Å². The summed E-state index contributed by atoms with van der Waals surface area (Å²) in [5.74, 6) is -0.149. The number of amides is 3. The molecule has 0 spiro atoms. The molecule has 0 bridgehead atoms. The second-order valence-corrected chi connectivity index (χ2v) is 6.62. The molecule has 1 aliphatic rings. The van der Waals surface area contributed by atoms with E-state index in [-0.39, 0.29) is 5.69 Å². The van der Waals surface area contributed by atoms with Gasteiger partial charge in [0.25, 0.3) is 5.91 Å². The van der Waals surface area contributed by atoms with Crippen molar-refractivity contribution < 1.29 is 27.5 Å². The molecule has 1 aliphatic heterocycles. The van der Waals surface area contributed by atoms with Gasteiger partial charge in [0.1, 0.15) is 11.3 Å². The van der Waals surface area contributed by atoms with Crippen molar-refractivity contribution in [2.24, 2.45) is 0 Å². The first-order chi connectivity index (χ1) is 13.6. The quantitative estimate of drug-likeness (QED) is 0.729. The van der Waals surface area contributed by atoms with Crippen LogP contribution in [0.15, 0.2) is 42.5 Å². The lowest BCUT2D eigenvalue weighted by atomic mass is 9.90. The highest BCUT2D eigenvalue weighted by Crippen LogP contribution is 2.41. The van der Waals surface area contributed by atoms with Crippen LogP contribution in [-0.4, -0.2) is 31.0 Å². The molecule has 3 rings (SSSR count). The molecule has 2 aromatic carbocycles. The number of nitriles is 1. The van der Waals surface area contributed by atoms with Gasteiger partial charge in [-0.3, -0.25) is 4.79 Å². The summed E-state index contributed by atoms with van der Waals surface area (Å²) in [6, 6.07) is 9.91. The van der Waals surface area contributed by atoms with E-state index < -0.39 is 34.8 Å². The monoisotopic (exact) mass is 403 g/mol. The Labute approximate surface area is 164 Å². The van der Waals surface area contributed by atoms with E-state index in [2.05, 4.69) is 0 Å². The number of benzene rings is 2. The standard InChI is InChI=1S/C20H16F3N3O3/c1-19(13-5-8-15(29-3)9-6-13)17(27)26(18(28)25(19)2)14-7-4-12(11-24)16(10-14)20(21,22)23/h4-10H,1-3H3/t19-/m1/s1. The van der Waals surface area contributed by atoms with Gasteiger partial charge >= 0.3 is 12.2 Å². The highest BCUT2D eigenvalue weighted by Gasteiger charge is 2.54. The molecule has 2 aromatic rings. The maximum atomic E-state index is 13.3. The summed E-state index contributed by atoms with van der Waals surface area (Å²) in [7, 11) is 2.89. The molecule has 3 amide bonds. The average molecular weight is 403 g/mol. The van der Waals surface area contributed by atoms with E-state index in [4.69, 9.17) is 10.00 Å². The van der Waals surface area contributed by atoms with Crippen LogP contribution in [-0.2, 0) is 16.5 Å². The SMILES string of the molecule is COc1ccc([C@]2(C)C(=O)N(c3ccc(C#N)c(C(F)(F)F)c3)C(=O)N2C)cc1. The number of nitrogens with zero attached hydrogens (tertiary/aromatic N) is 3. The summed E-state index contributed by atoms with van der Waals surface area (Å²) in [6.45, 7) is 1.52. The zero-order valence-corrected chi connectivity index (χ0v) is 15.7. The molecule has 29 heavy (non-hydrogen) atoms. The third kappa shape index (κ3) is 3.06. The number of carbonyl (C=O) groups is 2. The molecule has 6 nitrogen and oxygen atoms in total. The van der Waals surface area contributed by atoms with Gasteiger partial charge in [-0.05, 0) is 42.8 Å². The summed E-state index contributed by atoms with van der Waals surface area (Å²) in [5.41, 5.74) is -3.00. The summed E-state index contributed by atoms with van der Waals surface area (Å²) in [4.78, 5) is 27.9. The molecule has 0 aliphatic carbocycles. The molecule has 0 unspecified atom stereocenters. The third-order valence-corrected chi connectivity index (χ3v) is 5.11. The third-order valence-electron chi connectivity index (χ3n) is 5.11. The Morgan fingerprint density at radius 3 is 2.24 bits per heavy atom. The molecule has 1 atom stereocenters. The predicted octanol–water partition coefficient (Wildman–Crippen LogP) is 3.90. The Kier molecular flexibility index (Phi) is 4.74. The second kappa shape index (κ2) is 6.81. The highest BCUT2D eigenvalue weighted by atomic mass is 19.4. The van der Waals surface area contributed by atoms with E-state index in [1.54, 1.807) is 24.3 Å². The maximum absolute atomic E-state index is 13.3. The molecule has 0 aromatic heterocycles. The van der Waals surface area contributed by atoms with Crippen LogP contribution in [0.2, 0.25) is 0 Å². The number of urea groups is 1. The van der Waals surface area contributed by atoms with Crippen LogP contribution >= 0.6 is 0 Å². The smallest absolute Gasteiger partial charge is 0.417 e. The van der Waals surface area contributed by atoms with Crippen LogP contribution in [0.5, 0.6) is 5.75 Å². The molecule has 0 radical (unpaired) electrons. The number of carbonyl (C=O) groups excluding carboxylic acids is 2. The number of hydrogen-bond donors (Lipinski definition) is 0. The number of imide groups is 1. The van der Waals surface area contributed by atoms with Crippen molar-refractivity contribution in [1.82, 2.24) is 4.90 Å². The van der Waals surface area contributed by atoms with Crippen LogP contribution < -0.4 is 9.64 Å². The number of hydrogen-bond acceptors (Lipinski definition) is 4. The van der Waals surface area contributed by atoms with Crippen LogP contribution in [0.1, 0.15) is 23.6 Å². The van der Waals surface area contributed by atoms with Gasteiger partial charge in [-0.15, -0.1) is 0 Å². The van der Waals surface area contributed by atoms with Gasteiger partial charge in [0.05, 0.1) is 30.0 Å². The molecule has 0 saturated carbocycles. The first-order valence-corrected chi connectivity index (χ1v) is 8.44. The lowest BCUT2D eigenvalue weighted by Crippen LogP contribution is -2.42. The largest absolute Gasteiger partial charge is 0.497 e. The van der Waals surface area contributed by atoms with Crippen LogP contribution in [0.25, 0.3) is 0 Å². The molecular formula is C20H16F3N3O3. The lowest BCUT2D eigenvalue weighted by Gasteiger charge is -2.29. The summed E-state index contributed by atoms with van der Waals surface area (Å²) < 4.78 is 45.0. The van der Waals surface area contributed by atoms with Crippen LogP contribution in [0.3, 0.4) is 0 Å². The lowest BCUT2D eigenvalue weighted by molar-refractivity contribution is -0.137. The Balaban J connectivity index is 2.10. The van der Waals surface area contributed by atoms with Crippen molar-refractivity contribution in [2.45, 2.75) is 18.6 Å². The number of rotatable bonds is 3. The molecule has 1 saturated heterocycles. The van der Waals surface area contributed by atoms with E-state index in [0.717, 1.165) is 12.1 Å². The van der Waals surface area contributed by atoms with Crippen molar-refractivity contribution in [1.29, 1.82) is 5.26 Å². The van der Waals surface area contributed by atoms with E-state index in [0.29, 0.717) is 22.3 Å². The molecule has 1 fully saturated rings. The first kappa shape index (κ1) is 20.2. The Morgan fingerprint density at radius 1 is 1.10 bits per heavy atom. The zero-order valence-electron chi connectivity index (χ0n) is 15.7. The summed E-state index contributed by atoms with van der Waals surface area (Å²) in [5, 5.41) is 8.94. The van der Waals surface area contributed by atoms with Crippen molar-refractivity contribution >= 4 is 17.6 Å². The number of likely N-dealkylation sites (N-methyl/N-ethyl adjacent to an activating group) is 1. The van der Waals surface area contributed by atoms with E-state index in [1.165, 1.54) is 32.1 Å². The topological polar surface area (TPSA) is 73.6 Å². The van der Waals surface area contributed by atoms with Gasteiger partial charge in [0, 0.05) is 7.05 Å². The van der Waals surface area contributed by atoms with E-state index in [1.807, 2.05) is 0 Å². The van der Waals surface area contributed by atoms with Crippen molar-refractivity contribution in [3.8, 4) is 11.8 Å². The normalized spacial score (nSPS) is 19.5. The second-order valence-electron chi connectivity index (χ2n) is 6.62. The van der Waals surface area contributed by atoms with Crippen molar-refractivity contribution in [3.63, 3.8) is 0 Å². The van der Waals surface area contributed by atoms with Gasteiger partial charge < -0.3 is 9.64 Å². The average Bonchev–Trinajstić information content (AvgIpc) is 2.88. The Hall–Kier alpha value is -3.54. The first-order valence-electron chi connectivity index (χ1n) is 8.44. The number of halogens is 3. The van der Waals surface area contributed by atoms with Crippen LogP contribution in [0, 0.1) is 11.3 Å². The Morgan fingerprint density at radius 2 is 1.72 bits per heavy atom. The molecule has 0 N–H and O–H groups in total. The zero-order chi connectivity index (χ0) is 21.6.